The van der Waals surface area contributed by atoms with Gasteiger partial charge >= 0.3 is 0 Å². The first-order chi connectivity index (χ1) is 8.67. The molecular formula is C13H22N4O. The molecule has 0 aliphatic carbocycles. The Morgan fingerprint density at radius 3 is 3.17 bits per heavy atom. The van der Waals surface area contributed by atoms with Crippen LogP contribution in [0.25, 0.3) is 0 Å². The molecule has 1 atom stereocenters. The van der Waals surface area contributed by atoms with Gasteiger partial charge in [0.2, 0.25) is 0 Å². The molecule has 1 saturated heterocycles. The number of aryl methyl sites for hydroxylation is 1. The van der Waals surface area contributed by atoms with E-state index in [2.05, 4.69) is 27.2 Å². The molecule has 1 aliphatic rings. The fourth-order valence-electron chi connectivity index (χ4n) is 2.45. The van der Waals surface area contributed by atoms with E-state index in [0.717, 1.165) is 25.3 Å². The number of rotatable bonds is 4. The van der Waals surface area contributed by atoms with E-state index in [1.54, 1.807) is 0 Å². The van der Waals surface area contributed by atoms with Gasteiger partial charge in [0.15, 0.2) is 0 Å². The minimum Gasteiger partial charge on any atom is -0.370 e. The van der Waals surface area contributed by atoms with Crippen molar-refractivity contribution in [1.82, 2.24) is 14.9 Å². The van der Waals surface area contributed by atoms with Gasteiger partial charge in [0.05, 0.1) is 0 Å². The number of nitrogens with zero attached hydrogens (tertiary/aromatic N) is 2. The molecular weight excluding hydrogens is 228 g/mol. The number of likely N-dealkylation sites (tertiary alicyclic amines) is 1. The van der Waals surface area contributed by atoms with Gasteiger partial charge in [0, 0.05) is 25.6 Å². The Labute approximate surface area is 108 Å². The topological polar surface area (TPSA) is 61.0 Å². The van der Waals surface area contributed by atoms with Gasteiger partial charge in [-0.1, -0.05) is 6.92 Å². The molecule has 1 aromatic heterocycles. The Bertz CT molecular complexity index is 443. The van der Waals surface area contributed by atoms with Crippen molar-refractivity contribution in [2.75, 3.05) is 32.0 Å². The monoisotopic (exact) mass is 250 g/mol. The molecule has 2 rings (SSSR count). The summed E-state index contributed by atoms with van der Waals surface area (Å²) in [5.41, 5.74) is -0.0786. The Hall–Kier alpha value is -1.36. The molecule has 1 unspecified atom stereocenters. The highest BCUT2D eigenvalue weighted by molar-refractivity contribution is 5.32. The summed E-state index contributed by atoms with van der Waals surface area (Å²) in [4.78, 5) is 20.9. The normalized spacial score (nSPS) is 20.9. The van der Waals surface area contributed by atoms with Crippen molar-refractivity contribution in [2.24, 2.45) is 5.92 Å². The van der Waals surface area contributed by atoms with E-state index in [9.17, 15) is 4.79 Å². The van der Waals surface area contributed by atoms with Crippen LogP contribution >= 0.6 is 0 Å². The van der Waals surface area contributed by atoms with Crippen LogP contribution in [0.15, 0.2) is 10.9 Å². The first-order valence-electron chi connectivity index (χ1n) is 6.70. The second kappa shape index (κ2) is 6.00. The minimum atomic E-state index is -0.0786. The van der Waals surface area contributed by atoms with Crippen molar-refractivity contribution in [2.45, 2.75) is 26.2 Å². The van der Waals surface area contributed by atoms with Crippen molar-refractivity contribution in [3.05, 3.63) is 22.2 Å². The molecule has 2 heterocycles. The number of H-pyrrole nitrogens is 1. The highest BCUT2D eigenvalue weighted by atomic mass is 16.1. The third-order valence-corrected chi connectivity index (χ3v) is 3.42. The highest BCUT2D eigenvalue weighted by Gasteiger charge is 2.16. The molecule has 1 aliphatic heterocycles. The average molecular weight is 250 g/mol. The van der Waals surface area contributed by atoms with E-state index in [0.29, 0.717) is 11.7 Å². The summed E-state index contributed by atoms with van der Waals surface area (Å²) < 4.78 is 0. The maximum Gasteiger partial charge on any atom is 0.252 e. The standard InChI is InChI=1S/C13H22N4O/c1-3-11-15-12(7-13(18)16-11)14-8-10-5-4-6-17(2)9-10/h7,10H,3-6,8-9H2,1-2H3,(H2,14,15,16,18). The molecule has 0 spiro atoms. The van der Waals surface area contributed by atoms with E-state index < -0.39 is 0 Å². The first-order valence-corrected chi connectivity index (χ1v) is 6.70. The molecule has 1 aromatic rings. The summed E-state index contributed by atoms with van der Waals surface area (Å²) >= 11 is 0. The van der Waals surface area contributed by atoms with Gasteiger partial charge in [-0.2, -0.15) is 0 Å². The molecule has 0 radical (unpaired) electrons. The second-order valence-electron chi connectivity index (χ2n) is 5.08. The molecule has 0 bridgehead atoms. The summed E-state index contributed by atoms with van der Waals surface area (Å²) in [5.74, 6) is 2.09. The molecule has 0 amide bonds. The van der Waals surface area contributed by atoms with E-state index >= 15 is 0 Å². The van der Waals surface area contributed by atoms with Crippen molar-refractivity contribution in [1.29, 1.82) is 0 Å². The molecule has 0 saturated carbocycles. The van der Waals surface area contributed by atoms with Gasteiger partial charge in [-0.05, 0) is 32.4 Å². The Morgan fingerprint density at radius 2 is 2.44 bits per heavy atom. The lowest BCUT2D eigenvalue weighted by atomic mass is 9.98. The molecule has 5 heteroatoms. The molecule has 100 valence electrons. The van der Waals surface area contributed by atoms with Crippen molar-refractivity contribution >= 4 is 5.82 Å². The zero-order valence-corrected chi connectivity index (χ0v) is 11.2. The fourth-order valence-corrected chi connectivity index (χ4v) is 2.45. The van der Waals surface area contributed by atoms with Crippen molar-refractivity contribution in [3.8, 4) is 0 Å². The third-order valence-electron chi connectivity index (χ3n) is 3.42. The summed E-state index contributed by atoms with van der Waals surface area (Å²) in [7, 11) is 2.16. The Balaban J connectivity index is 1.93. The van der Waals surface area contributed by atoms with Crippen molar-refractivity contribution < 1.29 is 0 Å². The van der Waals surface area contributed by atoms with Crippen LogP contribution in [0.5, 0.6) is 0 Å². The van der Waals surface area contributed by atoms with Gasteiger partial charge in [0.25, 0.3) is 5.56 Å². The maximum absolute atomic E-state index is 11.4. The van der Waals surface area contributed by atoms with Crippen molar-refractivity contribution in [3.63, 3.8) is 0 Å². The zero-order chi connectivity index (χ0) is 13.0. The Kier molecular flexibility index (Phi) is 4.36. The van der Waals surface area contributed by atoms with E-state index in [1.165, 1.54) is 25.5 Å². The maximum atomic E-state index is 11.4. The SMILES string of the molecule is CCc1nc(NCC2CCCN(C)C2)cc(=O)[nH]1. The number of hydrogen-bond donors (Lipinski definition) is 2. The predicted octanol–water partition coefficient (Wildman–Crippen LogP) is 1.09. The summed E-state index contributed by atoms with van der Waals surface area (Å²) in [6.45, 7) is 5.19. The van der Waals surface area contributed by atoms with Gasteiger partial charge in [0.1, 0.15) is 11.6 Å². The van der Waals surface area contributed by atoms with Crippen LogP contribution < -0.4 is 10.9 Å². The number of aromatic nitrogens is 2. The lowest BCUT2D eigenvalue weighted by molar-refractivity contribution is 0.217. The van der Waals surface area contributed by atoms with Crippen LogP contribution in [0.4, 0.5) is 5.82 Å². The fraction of sp³-hybridized carbons (Fsp3) is 0.692. The number of aromatic amines is 1. The lowest BCUT2D eigenvalue weighted by Gasteiger charge is -2.29. The zero-order valence-electron chi connectivity index (χ0n) is 11.2. The molecule has 2 N–H and O–H groups in total. The largest absolute Gasteiger partial charge is 0.370 e. The predicted molar refractivity (Wildman–Crippen MR) is 72.9 cm³/mol. The van der Waals surface area contributed by atoms with Gasteiger partial charge in [-0.3, -0.25) is 4.79 Å². The van der Waals surface area contributed by atoms with E-state index in [-0.39, 0.29) is 5.56 Å². The minimum absolute atomic E-state index is 0.0786. The number of hydrogen-bond acceptors (Lipinski definition) is 4. The number of piperidine rings is 1. The Morgan fingerprint density at radius 1 is 1.61 bits per heavy atom. The molecule has 0 aromatic carbocycles. The van der Waals surface area contributed by atoms with E-state index in [1.807, 2.05) is 6.92 Å². The smallest absolute Gasteiger partial charge is 0.252 e. The van der Waals surface area contributed by atoms with Gasteiger partial charge < -0.3 is 15.2 Å². The van der Waals surface area contributed by atoms with Crippen LogP contribution in [-0.2, 0) is 6.42 Å². The van der Waals surface area contributed by atoms with Crippen LogP contribution in [0.3, 0.4) is 0 Å². The van der Waals surface area contributed by atoms with Crippen LogP contribution in [0.1, 0.15) is 25.6 Å². The van der Waals surface area contributed by atoms with E-state index in [4.69, 9.17) is 0 Å². The third kappa shape index (κ3) is 3.57. The average Bonchev–Trinajstić information content (AvgIpc) is 2.36. The first kappa shape index (κ1) is 13.1. The summed E-state index contributed by atoms with van der Waals surface area (Å²) in [6, 6.07) is 1.53. The van der Waals surface area contributed by atoms with Crippen LogP contribution in [-0.4, -0.2) is 41.5 Å². The number of anilines is 1. The van der Waals surface area contributed by atoms with Gasteiger partial charge in [-0.15, -0.1) is 0 Å². The summed E-state index contributed by atoms with van der Waals surface area (Å²) in [5, 5.41) is 3.29. The molecule has 18 heavy (non-hydrogen) atoms. The second-order valence-corrected chi connectivity index (χ2v) is 5.08. The highest BCUT2D eigenvalue weighted by Crippen LogP contribution is 2.15. The summed E-state index contributed by atoms with van der Waals surface area (Å²) in [6.07, 6.45) is 3.25. The lowest BCUT2D eigenvalue weighted by Crippen LogP contribution is -2.35. The molecule has 5 nitrogen and oxygen atoms in total. The van der Waals surface area contributed by atoms with Gasteiger partial charge in [-0.25, -0.2) is 4.98 Å². The van der Waals surface area contributed by atoms with Crippen LogP contribution in [0.2, 0.25) is 0 Å². The van der Waals surface area contributed by atoms with Crippen LogP contribution in [0, 0.1) is 5.92 Å². The quantitative estimate of drug-likeness (QED) is 0.839. The number of nitrogens with one attached hydrogen (secondary N) is 2. The molecule has 1 fully saturated rings.